The van der Waals surface area contributed by atoms with Gasteiger partial charge in [-0.15, -0.1) is 0 Å². The molecule has 18 heavy (non-hydrogen) atoms. The smallest absolute Gasteiger partial charge is 0.394 e. The molecule has 0 aromatic carbocycles. The number of nitrogens with one attached hydrogen (secondary N) is 1. The van der Waals surface area contributed by atoms with Crippen LogP contribution >= 0.6 is 15.9 Å². The molecule has 0 bridgehead atoms. The van der Waals surface area contributed by atoms with Crippen LogP contribution in [0, 0.1) is 0 Å². The number of hydrogen-bond acceptors (Lipinski definition) is 5. The van der Waals surface area contributed by atoms with E-state index in [1.807, 2.05) is 0 Å². The van der Waals surface area contributed by atoms with E-state index in [-0.39, 0.29) is 0 Å². The third-order valence-corrected chi connectivity index (χ3v) is 3.18. The fourth-order valence-electron chi connectivity index (χ4n) is 1.48. The van der Waals surface area contributed by atoms with E-state index in [4.69, 9.17) is 9.84 Å². The summed E-state index contributed by atoms with van der Waals surface area (Å²) in [6.45, 7) is -0.672. The van der Waals surface area contributed by atoms with Gasteiger partial charge in [0.15, 0.2) is 0 Å². The molecule has 1 rings (SSSR count). The molecule has 10 heteroatoms. The predicted molar refractivity (Wildman–Crippen MR) is 54.7 cm³/mol. The van der Waals surface area contributed by atoms with Gasteiger partial charge in [-0.05, 0) is 0 Å². The number of carbonyl (C=O) groups is 1. The summed E-state index contributed by atoms with van der Waals surface area (Å²) in [4.78, 5) is 10.7. The average molecular weight is 338 g/mol. The molecule has 1 aliphatic rings. The molecule has 0 radical (unpaired) electrons. The molecular weight excluding hydrogens is 327 g/mol. The van der Waals surface area contributed by atoms with Crippen molar-refractivity contribution in [1.29, 1.82) is 0 Å². The summed E-state index contributed by atoms with van der Waals surface area (Å²) in [5.74, 6) is -2.29. The molecule has 0 aromatic rings. The molecule has 106 valence electrons. The van der Waals surface area contributed by atoms with E-state index in [0.717, 1.165) is 0 Å². The largest absolute Gasteiger partial charge is 0.471 e. The average Bonchev–Trinajstić information content (AvgIpc) is 2.27. The van der Waals surface area contributed by atoms with Crippen LogP contribution in [0.5, 0.6) is 0 Å². The number of amides is 1. The topological polar surface area (TPSA) is 99.0 Å². The number of halogens is 4. The highest BCUT2D eigenvalue weighted by molar-refractivity contribution is 9.09. The quantitative estimate of drug-likeness (QED) is 0.478. The van der Waals surface area contributed by atoms with Gasteiger partial charge in [0.2, 0.25) is 0 Å². The van der Waals surface area contributed by atoms with E-state index >= 15 is 0 Å². The molecule has 0 unspecified atom stereocenters. The van der Waals surface area contributed by atoms with Gasteiger partial charge in [-0.2, -0.15) is 13.2 Å². The van der Waals surface area contributed by atoms with Crippen LogP contribution in [0.15, 0.2) is 0 Å². The first-order chi connectivity index (χ1) is 8.18. The first-order valence-electron chi connectivity index (χ1n) is 4.82. The van der Waals surface area contributed by atoms with Crippen LogP contribution < -0.4 is 5.32 Å². The van der Waals surface area contributed by atoms with E-state index in [9.17, 15) is 28.2 Å². The molecule has 6 nitrogen and oxygen atoms in total. The van der Waals surface area contributed by atoms with Crippen LogP contribution in [-0.4, -0.2) is 63.4 Å². The van der Waals surface area contributed by atoms with Gasteiger partial charge in [-0.1, -0.05) is 15.9 Å². The van der Waals surface area contributed by atoms with Gasteiger partial charge in [-0.25, -0.2) is 0 Å². The Hall–Kier alpha value is -0.420. The van der Waals surface area contributed by atoms with Crippen molar-refractivity contribution in [3.05, 3.63) is 0 Å². The summed E-state index contributed by atoms with van der Waals surface area (Å²) < 4.78 is 41.1. The Morgan fingerprint density at radius 1 is 1.33 bits per heavy atom. The lowest BCUT2D eigenvalue weighted by molar-refractivity contribution is -0.188. The number of ether oxygens (including phenoxy) is 1. The fourth-order valence-corrected chi connectivity index (χ4v) is 2.09. The fraction of sp³-hybridized carbons (Fsp3) is 0.875. The highest BCUT2D eigenvalue weighted by atomic mass is 79.9. The van der Waals surface area contributed by atoms with Crippen LogP contribution in [0.25, 0.3) is 0 Å². The standard InChI is InChI=1S/C8H11BrF3NO5/c9-6-5(16)3(4(15)2(1-14)18-6)13-7(17)8(10,11)12/h2-6,14-16H,1H2,(H,13,17)/t2-,3-,4-,5+,6+/m1/s1. The normalized spacial score (nSPS) is 37.4. The summed E-state index contributed by atoms with van der Waals surface area (Å²) in [5, 5.41) is 28.3. The maximum atomic E-state index is 12.1. The summed E-state index contributed by atoms with van der Waals surface area (Å²) in [7, 11) is 0. The van der Waals surface area contributed by atoms with E-state index < -0.39 is 48.1 Å². The Morgan fingerprint density at radius 3 is 2.33 bits per heavy atom. The summed E-state index contributed by atoms with van der Waals surface area (Å²) in [6.07, 6.45) is -9.59. The Bertz CT molecular complexity index is 316. The molecular formula is C8H11BrF3NO5. The number of rotatable bonds is 2. The van der Waals surface area contributed by atoms with Crippen LogP contribution in [0.2, 0.25) is 0 Å². The minimum absolute atomic E-state index is 0.672. The molecule has 4 N–H and O–H groups in total. The first-order valence-corrected chi connectivity index (χ1v) is 5.74. The third kappa shape index (κ3) is 3.32. The van der Waals surface area contributed by atoms with Gasteiger partial charge < -0.3 is 25.4 Å². The monoisotopic (exact) mass is 337 g/mol. The highest BCUT2D eigenvalue weighted by Crippen LogP contribution is 2.25. The van der Waals surface area contributed by atoms with Crippen molar-refractivity contribution in [2.45, 2.75) is 35.5 Å². The number of aliphatic hydroxyl groups excluding tert-OH is 3. The van der Waals surface area contributed by atoms with Crippen molar-refractivity contribution in [3.63, 3.8) is 0 Å². The lowest BCUT2D eigenvalue weighted by Crippen LogP contribution is -2.64. The lowest BCUT2D eigenvalue weighted by Gasteiger charge is -2.40. The predicted octanol–water partition coefficient (Wildman–Crippen LogP) is -1.13. The van der Waals surface area contributed by atoms with E-state index in [0.29, 0.717) is 0 Å². The molecule has 5 atom stereocenters. The molecule has 1 saturated heterocycles. The summed E-state index contributed by atoms with van der Waals surface area (Å²) >= 11 is 2.82. The Morgan fingerprint density at radius 2 is 1.89 bits per heavy atom. The summed E-state index contributed by atoms with van der Waals surface area (Å²) in [5.41, 5.74) is 0. The van der Waals surface area contributed by atoms with Crippen LogP contribution in [0.4, 0.5) is 13.2 Å². The lowest BCUT2D eigenvalue weighted by atomic mass is 9.97. The maximum Gasteiger partial charge on any atom is 0.471 e. The first kappa shape index (κ1) is 15.6. The van der Waals surface area contributed by atoms with Crippen LogP contribution in [0.3, 0.4) is 0 Å². The number of carbonyl (C=O) groups excluding carboxylic acids is 1. The zero-order valence-electron chi connectivity index (χ0n) is 8.76. The number of aliphatic hydroxyl groups is 3. The van der Waals surface area contributed by atoms with Gasteiger partial charge in [0, 0.05) is 0 Å². The van der Waals surface area contributed by atoms with E-state index in [2.05, 4.69) is 15.9 Å². The van der Waals surface area contributed by atoms with Crippen LogP contribution in [-0.2, 0) is 9.53 Å². The molecule has 1 fully saturated rings. The Labute approximate surface area is 108 Å². The van der Waals surface area contributed by atoms with Gasteiger partial charge in [0.1, 0.15) is 23.3 Å². The molecule has 0 spiro atoms. The molecule has 0 aromatic heterocycles. The molecule has 1 amide bonds. The molecule has 0 aliphatic carbocycles. The van der Waals surface area contributed by atoms with Crippen molar-refractivity contribution in [3.8, 4) is 0 Å². The summed E-state index contributed by atoms with van der Waals surface area (Å²) in [6, 6.07) is -1.60. The minimum atomic E-state index is -5.13. The second kappa shape index (κ2) is 5.70. The van der Waals surface area contributed by atoms with Crippen molar-refractivity contribution in [2.24, 2.45) is 0 Å². The van der Waals surface area contributed by atoms with Crippen molar-refractivity contribution >= 4 is 21.8 Å². The van der Waals surface area contributed by atoms with E-state index in [1.54, 1.807) is 0 Å². The third-order valence-electron chi connectivity index (χ3n) is 2.43. The highest BCUT2D eigenvalue weighted by Gasteiger charge is 2.48. The SMILES string of the molecule is O=C(N[C@H]1[C@H](O)[C@@H](Br)O[C@H](CO)[C@H]1O)C(F)(F)F. The van der Waals surface area contributed by atoms with Gasteiger partial charge in [0.05, 0.1) is 12.6 Å². The molecule has 1 heterocycles. The second-order valence-electron chi connectivity index (χ2n) is 3.69. The Balaban J connectivity index is 2.80. The van der Waals surface area contributed by atoms with Gasteiger partial charge >= 0.3 is 12.1 Å². The van der Waals surface area contributed by atoms with E-state index in [1.165, 1.54) is 5.32 Å². The van der Waals surface area contributed by atoms with Crippen molar-refractivity contribution in [2.75, 3.05) is 6.61 Å². The van der Waals surface area contributed by atoms with Crippen LogP contribution in [0.1, 0.15) is 0 Å². The van der Waals surface area contributed by atoms with Gasteiger partial charge in [-0.3, -0.25) is 4.79 Å². The van der Waals surface area contributed by atoms with Gasteiger partial charge in [0.25, 0.3) is 0 Å². The molecule has 1 aliphatic heterocycles. The van der Waals surface area contributed by atoms with Crippen molar-refractivity contribution in [1.82, 2.24) is 5.32 Å². The Kier molecular flexibility index (Phi) is 4.95. The number of hydrogen-bond donors (Lipinski definition) is 4. The zero-order chi connectivity index (χ0) is 14.1. The number of alkyl halides is 4. The minimum Gasteiger partial charge on any atom is -0.394 e. The van der Waals surface area contributed by atoms with Crippen molar-refractivity contribution < 1.29 is 38.0 Å². The maximum absolute atomic E-state index is 12.1. The molecule has 0 saturated carbocycles. The zero-order valence-corrected chi connectivity index (χ0v) is 10.3. The second-order valence-corrected chi connectivity index (χ2v) is 4.59.